The van der Waals surface area contributed by atoms with Crippen molar-refractivity contribution in [3.8, 4) is 0 Å². The molecule has 2 heterocycles. The molecule has 0 unspecified atom stereocenters. The predicted molar refractivity (Wildman–Crippen MR) is 93.1 cm³/mol. The van der Waals surface area contributed by atoms with Crippen LogP contribution >= 0.6 is 0 Å². The Morgan fingerprint density at radius 1 is 1.29 bits per heavy atom. The molecule has 132 valence electrons. The third-order valence-electron chi connectivity index (χ3n) is 5.40. The van der Waals surface area contributed by atoms with E-state index in [0.29, 0.717) is 12.1 Å². The Morgan fingerprint density at radius 2 is 2.04 bits per heavy atom. The van der Waals surface area contributed by atoms with Gasteiger partial charge in [0.15, 0.2) is 0 Å². The van der Waals surface area contributed by atoms with E-state index in [1.807, 2.05) is 6.07 Å². The lowest BCUT2D eigenvalue weighted by atomic mass is 9.98. The molecule has 2 aliphatic heterocycles. The third-order valence-corrected chi connectivity index (χ3v) is 5.40. The topological polar surface area (TPSA) is 58.9 Å². The number of hydrogen-bond donors (Lipinski definition) is 0. The average Bonchev–Trinajstić information content (AvgIpc) is 2.61. The molecule has 6 nitrogen and oxygen atoms in total. The molecule has 0 aliphatic carbocycles. The van der Waals surface area contributed by atoms with Crippen molar-refractivity contribution in [1.82, 2.24) is 9.80 Å². The SMILES string of the molecule is C[C@H]1CN(C2CCN([C@@H](C)c3cccc([N+](=O)[O-])c3)CC2)CCO1. The summed E-state index contributed by atoms with van der Waals surface area (Å²) in [5.41, 5.74) is 1.21. The van der Waals surface area contributed by atoms with E-state index in [4.69, 9.17) is 4.74 Å². The summed E-state index contributed by atoms with van der Waals surface area (Å²) in [6.07, 6.45) is 2.65. The van der Waals surface area contributed by atoms with E-state index in [0.717, 1.165) is 51.2 Å². The van der Waals surface area contributed by atoms with Gasteiger partial charge in [-0.15, -0.1) is 0 Å². The molecule has 6 heteroatoms. The summed E-state index contributed by atoms with van der Waals surface area (Å²) >= 11 is 0. The van der Waals surface area contributed by atoms with Crippen LogP contribution in [0.4, 0.5) is 5.69 Å². The Bertz CT molecular complexity index is 572. The van der Waals surface area contributed by atoms with Crippen LogP contribution in [-0.4, -0.2) is 59.7 Å². The maximum Gasteiger partial charge on any atom is 0.269 e. The third kappa shape index (κ3) is 3.94. The maximum absolute atomic E-state index is 11.0. The molecular formula is C18H27N3O3. The second-order valence-electron chi connectivity index (χ2n) is 6.97. The number of piperidine rings is 1. The number of nitro benzene ring substituents is 1. The molecule has 24 heavy (non-hydrogen) atoms. The minimum absolute atomic E-state index is 0.177. The van der Waals surface area contributed by atoms with Gasteiger partial charge in [0, 0.05) is 50.4 Å². The van der Waals surface area contributed by atoms with E-state index < -0.39 is 0 Å². The van der Waals surface area contributed by atoms with Crippen molar-refractivity contribution in [2.75, 3.05) is 32.8 Å². The van der Waals surface area contributed by atoms with Gasteiger partial charge in [0.1, 0.15) is 0 Å². The molecule has 2 atom stereocenters. The second-order valence-corrected chi connectivity index (χ2v) is 6.97. The van der Waals surface area contributed by atoms with Crippen LogP contribution in [0.3, 0.4) is 0 Å². The maximum atomic E-state index is 11.0. The zero-order valence-corrected chi connectivity index (χ0v) is 14.6. The lowest BCUT2D eigenvalue weighted by Gasteiger charge is -2.43. The summed E-state index contributed by atoms with van der Waals surface area (Å²) in [6, 6.07) is 7.90. The summed E-state index contributed by atoms with van der Waals surface area (Å²) < 4.78 is 5.64. The highest BCUT2D eigenvalue weighted by Gasteiger charge is 2.29. The first kappa shape index (κ1) is 17.3. The molecule has 1 aromatic rings. The molecule has 0 radical (unpaired) electrons. The van der Waals surface area contributed by atoms with E-state index >= 15 is 0 Å². The number of hydrogen-bond acceptors (Lipinski definition) is 5. The Labute approximate surface area is 143 Å². The molecule has 0 aromatic heterocycles. The lowest BCUT2D eigenvalue weighted by Crippen LogP contribution is -2.51. The fourth-order valence-electron chi connectivity index (χ4n) is 3.92. The van der Waals surface area contributed by atoms with Crippen LogP contribution in [0.15, 0.2) is 24.3 Å². The van der Waals surface area contributed by atoms with E-state index in [1.165, 1.54) is 0 Å². The number of likely N-dealkylation sites (tertiary alicyclic amines) is 1. The summed E-state index contributed by atoms with van der Waals surface area (Å²) in [5, 5.41) is 11.0. The number of nitro groups is 1. The van der Waals surface area contributed by atoms with Crippen molar-refractivity contribution in [1.29, 1.82) is 0 Å². The van der Waals surface area contributed by atoms with Crippen LogP contribution in [-0.2, 0) is 4.74 Å². The number of non-ortho nitro benzene ring substituents is 1. The molecule has 0 saturated carbocycles. The first-order valence-electron chi connectivity index (χ1n) is 8.88. The first-order valence-corrected chi connectivity index (χ1v) is 8.88. The predicted octanol–water partition coefficient (Wildman–Crippen LogP) is 2.84. The Morgan fingerprint density at radius 3 is 2.71 bits per heavy atom. The molecule has 2 aliphatic rings. The molecule has 1 aromatic carbocycles. The molecule has 0 N–H and O–H groups in total. The van der Waals surface area contributed by atoms with Gasteiger partial charge in [0.05, 0.1) is 17.6 Å². The van der Waals surface area contributed by atoms with Crippen LogP contribution in [0.25, 0.3) is 0 Å². The van der Waals surface area contributed by atoms with Gasteiger partial charge >= 0.3 is 0 Å². The Hall–Kier alpha value is -1.50. The highest BCUT2D eigenvalue weighted by Crippen LogP contribution is 2.28. The second kappa shape index (κ2) is 7.59. The fourth-order valence-corrected chi connectivity index (χ4v) is 3.92. The highest BCUT2D eigenvalue weighted by molar-refractivity contribution is 5.35. The van der Waals surface area contributed by atoms with E-state index in [2.05, 4.69) is 23.6 Å². The average molecular weight is 333 g/mol. The van der Waals surface area contributed by atoms with Crippen molar-refractivity contribution in [3.05, 3.63) is 39.9 Å². The van der Waals surface area contributed by atoms with Gasteiger partial charge in [-0.25, -0.2) is 0 Å². The van der Waals surface area contributed by atoms with Crippen molar-refractivity contribution < 1.29 is 9.66 Å². The molecular weight excluding hydrogens is 306 g/mol. The van der Waals surface area contributed by atoms with Gasteiger partial charge in [0.25, 0.3) is 5.69 Å². The van der Waals surface area contributed by atoms with Gasteiger partial charge in [-0.05, 0) is 32.3 Å². The van der Waals surface area contributed by atoms with Crippen molar-refractivity contribution in [2.24, 2.45) is 0 Å². The highest BCUT2D eigenvalue weighted by atomic mass is 16.6. The smallest absolute Gasteiger partial charge is 0.269 e. The molecule has 0 spiro atoms. The molecule has 2 fully saturated rings. The fraction of sp³-hybridized carbons (Fsp3) is 0.667. The van der Waals surface area contributed by atoms with Gasteiger partial charge in [0.2, 0.25) is 0 Å². The monoisotopic (exact) mass is 333 g/mol. The van der Waals surface area contributed by atoms with E-state index in [1.54, 1.807) is 18.2 Å². The van der Waals surface area contributed by atoms with Crippen molar-refractivity contribution in [2.45, 2.75) is 44.9 Å². The van der Waals surface area contributed by atoms with Crippen molar-refractivity contribution in [3.63, 3.8) is 0 Å². The van der Waals surface area contributed by atoms with Gasteiger partial charge in [-0.1, -0.05) is 12.1 Å². The lowest BCUT2D eigenvalue weighted by molar-refractivity contribution is -0.385. The largest absolute Gasteiger partial charge is 0.376 e. The minimum Gasteiger partial charge on any atom is -0.376 e. The first-order chi connectivity index (χ1) is 11.5. The van der Waals surface area contributed by atoms with Crippen LogP contribution in [0.2, 0.25) is 0 Å². The van der Waals surface area contributed by atoms with Crippen LogP contribution < -0.4 is 0 Å². The minimum atomic E-state index is -0.317. The quantitative estimate of drug-likeness (QED) is 0.626. The van der Waals surface area contributed by atoms with Crippen molar-refractivity contribution >= 4 is 5.69 Å². The van der Waals surface area contributed by atoms with Gasteiger partial charge in [-0.3, -0.25) is 19.9 Å². The normalized spacial score (nSPS) is 25.5. The standard InChI is InChI=1S/C18H27N3O3/c1-14-13-20(10-11-24-14)17-6-8-19(9-7-17)15(2)16-4-3-5-18(12-16)21(22)23/h3-5,12,14-15,17H,6-11,13H2,1-2H3/t14-,15-/m0/s1. The zero-order chi connectivity index (χ0) is 17.1. The zero-order valence-electron chi connectivity index (χ0n) is 14.6. The molecule has 3 rings (SSSR count). The summed E-state index contributed by atoms with van der Waals surface area (Å²) in [7, 11) is 0. The number of ether oxygens (including phenoxy) is 1. The van der Waals surface area contributed by atoms with Crippen LogP contribution in [0, 0.1) is 10.1 Å². The molecule has 0 bridgehead atoms. The molecule has 0 amide bonds. The van der Waals surface area contributed by atoms with E-state index in [9.17, 15) is 10.1 Å². The van der Waals surface area contributed by atoms with Crippen LogP contribution in [0.5, 0.6) is 0 Å². The van der Waals surface area contributed by atoms with E-state index in [-0.39, 0.29) is 16.7 Å². The Balaban J connectivity index is 1.58. The Kier molecular flexibility index (Phi) is 5.48. The summed E-state index contributed by atoms with van der Waals surface area (Å²) in [6.45, 7) is 9.29. The number of rotatable bonds is 4. The van der Waals surface area contributed by atoms with Gasteiger partial charge in [-0.2, -0.15) is 0 Å². The summed E-state index contributed by atoms with van der Waals surface area (Å²) in [4.78, 5) is 15.7. The number of morpholine rings is 1. The summed E-state index contributed by atoms with van der Waals surface area (Å²) in [5.74, 6) is 0. The number of benzene rings is 1. The number of nitrogens with zero attached hydrogens (tertiary/aromatic N) is 3. The molecule has 2 saturated heterocycles. The van der Waals surface area contributed by atoms with Gasteiger partial charge < -0.3 is 4.74 Å². The van der Waals surface area contributed by atoms with Crippen LogP contribution in [0.1, 0.15) is 38.3 Å².